The second-order valence-corrected chi connectivity index (χ2v) is 11.4. The Kier molecular flexibility index (Phi) is 5.84. The normalized spacial score (nSPS) is 16.3. The number of sulfonamides is 1. The molecule has 1 saturated heterocycles. The Labute approximate surface area is 215 Å². The number of hydrogen-bond donors (Lipinski definition) is 3. The molecule has 192 valence electrons. The first-order valence-electron chi connectivity index (χ1n) is 12.2. The molecule has 0 amide bonds. The van der Waals surface area contributed by atoms with Crippen LogP contribution in [-0.2, 0) is 16.4 Å². The maximum atomic E-state index is 12.4. The first-order valence-corrected chi connectivity index (χ1v) is 14.1. The Morgan fingerprint density at radius 2 is 1.81 bits per heavy atom. The number of piperazine rings is 1. The predicted octanol–water partition coefficient (Wildman–Crippen LogP) is 2.91. The van der Waals surface area contributed by atoms with Gasteiger partial charge in [0.15, 0.2) is 0 Å². The van der Waals surface area contributed by atoms with E-state index in [1.54, 1.807) is 12.4 Å². The van der Waals surface area contributed by atoms with Gasteiger partial charge in [0.2, 0.25) is 16.0 Å². The lowest BCUT2D eigenvalue weighted by Gasteiger charge is -2.33. The van der Waals surface area contributed by atoms with Gasteiger partial charge in [0.1, 0.15) is 17.3 Å². The molecule has 0 radical (unpaired) electrons. The molecule has 0 atom stereocenters. The third-order valence-corrected chi connectivity index (χ3v) is 8.02. The van der Waals surface area contributed by atoms with Crippen molar-refractivity contribution in [2.24, 2.45) is 0 Å². The van der Waals surface area contributed by atoms with Gasteiger partial charge >= 0.3 is 0 Å². The average Bonchev–Trinajstić information content (AvgIpc) is 3.53. The first kappa shape index (κ1) is 23.5. The summed E-state index contributed by atoms with van der Waals surface area (Å²) in [5.41, 5.74) is 3.78. The van der Waals surface area contributed by atoms with Crippen LogP contribution in [0.15, 0.2) is 48.8 Å². The summed E-state index contributed by atoms with van der Waals surface area (Å²) in [5, 5.41) is 7.43. The van der Waals surface area contributed by atoms with E-state index < -0.39 is 10.0 Å². The Morgan fingerprint density at radius 3 is 2.57 bits per heavy atom. The molecule has 2 aliphatic heterocycles. The van der Waals surface area contributed by atoms with Gasteiger partial charge in [-0.05, 0) is 43.3 Å². The second kappa shape index (κ2) is 9.20. The zero-order chi connectivity index (χ0) is 25.6. The highest BCUT2D eigenvalue weighted by Crippen LogP contribution is 2.39. The van der Waals surface area contributed by atoms with Crippen molar-refractivity contribution in [1.82, 2.24) is 24.8 Å². The van der Waals surface area contributed by atoms with Crippen LogP contribution in [0.4, 0.5) is 34.6 Å². The number of pyridine rings is 1. The van der Waals surface area contributed by atoms with Crippen LogP contribution in [-0.4, -0.2) is 79.3 Å². The van der Waals surface area contributed by atoms with Crippen molar-refractivity contribution in [2.75, 3.05) is 65.9 Å². The monoisotopic (exact) mass is 519 g/mol. The number of para-hydroxylation sites is 1. The summed E-state index contributed by atoms with van der Waals surface area (Å²) >= 11 is 0. The van der Waals surface area contributed by atoms with Crippen molar-refractivity contribution in [3.8, 4) is 0 Å². The SMILES string of the molecule is CN1CCN(c2ccc(Nc3nc(Nc4cccc5c4N(S(C)(=O)=O)CC5)c4cc[nH]c4n3)cn2)CC1. The number of nitrogens with zero attached hydrogens (tertiary/aromatic N) is 6. The van der Waals surface area contributed by atoms with Gasteiger partial charge in [0.05, 0.1) is 34.9 Å². The molecule has 6 rings (SSSR count). The smallest absolute Gasteiger partial charge is 0.232 e. The van der Waals surface area contributed by atoms with Gasteiger partial charge in [0, 0.05) is 38.9 Å². The number of aromatic amines is 1. The molecule has 3 N–H and O–H groups in total. The standard InChI is InChI=1S/C25H29N9O2S/c1-32-12-14-33(15-13-32)21-7-6-18(16-27-21)28-25-30-23-19(8-10-26-23)24(31-25)29-20-5-3-4-17-9-11-34(22(17)20)37(2,35)36/h3-8,10,16H,9,11-15H2,1-2H3,(H3,26,28,29,30,31). The van der Waals surface area contributed by atoms with Gasteiger partial charge in [0.25, 0.3) is 0 Å². The minimum Gasteiger partial charge on any atom is -0.354 e. The summed E-state index contributed by atoms with van der Waals surface area (Å²) in [6.45, 7) is 4.39. The molecule has 1 aromatic carbocycles. The number of aromatic nitrogens is 4. The van der Waals surface area contributed by atoms with Crippen LogP contribution in [0.1, 0.15) is 5.56 Å². The topological polar surface area (TPSA) is 122 Å². The van der Waals surface area contributed by atoms with Crippen LogP contribution in [0.5, 0.6) is 0 Å². The number of rotatable bonds is 6. The number of likely N-dealkylation sites (N-methyl/N-ethyl adjacent to an activating group) is 1. The van der Waals surface area contributed by atoms with Crippen molar-refractivity contribution < 1.29 is 8.42 Å². The van der Waals surface area contributed by atoms with Crippen LogP contribution in [0, 0.1) is 0 Å². The Balaban J connectivity index is 1.28. The van der Waals surface area contributed by atoms with Gasteiger partial charge in [-0.25, -0.2) is 13.4 Å². The molecule has 0 saturated carbocycles. The third-order valence-electron chi connectivity index (χ3n) is 6.85. The fourth-order valence-corrected chi connectivity index (χ4v) is 5.86. The summed E-state index contributed by atoms with van der Waals surface area (Å²) in [7, 11) is -1.26. The molecule has 0 unspecified atom stereocenters. The minimum atomic E-state index is -3.40. The molecule has 4 aromatic rings. The van der Waals surface area contributed by atoms with E-state index in [4.69, 9.17) is 4.98 Å². The van der Waals surface area contributed by atoms with E-state index in [1.165, 1.54) is 10.6 Å². The molecule has 0 aliphatic carbocycles. The molecule has 3 aromatic heterocycles. The summed E-state index contributed by atoms with van der Waals surface area (Å²) < 4.78 is 26.3. The molecule has 12 heteroatoms. The Morgan fingerprint density at radius 1 is 0.973 bits per heavy atom. The highest BCUT2D eigenvalue weighted by molar-refractivity contribution is 7.92. The quantitative estimate of drug-likeness (QED) is 0.353. The summed E-state index contributed by atoms with van der Waals surface area (Å²) in [6.07, 6.45) is 5.50. The zero-order valence-corrected chi connectivity index (χ0v) is 21.6. The molecule has 37 heavy (non-hydrogen) atoms. The average molecular weight is 520 g/mol. The molecule has 0 bridgehead atoms. The molecule has 1 fully saturated rings. The van der Waals surface area contributed by atoms with E-state index in [0.29, 0.717) is 41.8 Å². The molecule has 0 spiro atoms. The molecular formula is C25H29N9O2S. The summed E-state index contributed by atoms with van der Waals surface area (Å²) in [4.78, 5) is 21.7. The van der Waals surface area contributed by atoms with Gasteiger partial charge in [-0.3, -0.25) is 4.31 Å². The van der Waals surface area contributed by atoms with E-state index in [-0.39, 0.29) is 0 Å². The van der Waals surface area contributed by atoms with Crippen LogP contribution in [0.2, 0.25) is 0 Å². The van der Waals surface area contributed by atoms with Crippen LogP contribution in [0.25, 0.3) is 11.0 Å². The number of H-pyrrole nitrogens is 1. The summed E-state index contributed by atoms with van der Waals surface area (Å²) in [6, 6.07) is 11.6. The van der Waals surface area contributed by atoms with E-state index >= 15 is 0 Å². The lowest BCUT2D eigenvalue weighted by molar-refractivity contribution is 0.312. The summed E-state index contributed by atoms with van der Waals surface area (Å²) in [5.74, 6) is 1.93. The van der Waals surface area contributed by atoms with Gasteiger partial charge < -0.3 is 25.4 Å². The fourth-order valence-electron chi connectivity index (χ4n) is 4.89. The van der Waals surface area contributed by atoms with Crippen LogP contribution in [0.3, 0.4) is 0 Å². The highest BCUT2D eigenvalue weighted by atomic mass is 32.2. The lowest BCUT2D eigenvalue weighted by atomic mass is 10.1. The number of fused-ring (bicyclic) bond motifs is 2. The number of hydrogen-bond acceptors (Lipinski definition) is 9. The van der Waals surface area contributed by atoms with Gasteiger partial charge in [-0.2, -0.15) is 9.97 Å². The molecule has 11 nitrogen and oxygen atoms in total. The fraction of sp³-hybridized carbons (Fsp3) is 0.320. The molecular weight excluding hydrogens is 490 g/mol. The number of anilines is 6. The lowest BCUT2D eigenvalue weighted by Crippen LogP contribution is -2.44. The van der Waals surface area contributed by atoms with Crippen LogP contribution >= 0.6 is 0 Å². The van der Waals surface area contributed by atoms with Crippen LogP contribution < -0.4 is 19.8 Å². The largest absolute Gasteiger partial charge is 0.354 e. The number of nitrogens with one attached hydrogen (secondary N) is 3. The van der Waals surface area contributed by atoms with E-state index in [0.717, 1.165) is 48.6 Å². The van der Waals surface area contributed by atoms with Crippen molar-refractivity contribution in [2.45, 2.75) is 6.42 Å². The van der Waals surface area contributed by atoms with Crippen molar-refractivity contribution in [3.63, 3.8) is 0 Å². The number of benzene rings is 1. The molecule has 2 aliphatic rings. The van der Waals surface area contributed by atoms with E-state index in [1.807, 2.05) is 36.4 Å². The first-order chi connectivity index (χ1) is 17.8. The highest BCUT2D eigenvalue weighted by Gasteiger charge is 2.29. The zero-order valence-electron chi connectivity index (χ0n) is 20.8. The van der Waals surface area contributed by atoms with E-state index in [2.05, 4.69) is 42.4 Å². The third kappa shape index (κ3) is 4.65. The van der Waals surface area contributed by atoms with Crippen molar-refractivity contribution in [3.05, 3.63) is 54.4 Å². The minimum absolute atomic E-state index is 0.402. The van der Waals surface area contributed by atoms with Gasteiger partial charge in [-0.1, -0.05) is 12.1 Å². The Hall–Kier alpha value is -3.90. The van der Waals surface area contributed by atoms with Crippen molar-refractivity contribution in [1.29, 1.82) is 0 Å². The van der Waals surface area contributed by atoms with E-state index in [9.17, 15) is 8.42 Å². The predicted molar refractivity (Wildman–Crippen MR) is 147 cm³/mol. The Bertz CT molecular complexity index is 1540. The maximum Gasteiger partial charge on any atom is 0.232 e. The maximum absolute atomic E-state index is 12.4. The second-order valence-electron chi connectivity index (χ2n) is 9.48. The van der Waals surface area contributed by atoms with Crippen molar-refractivity contribution >= 4 is 55.7 Å². The molecule has 5 heterocycles. The van der Waals surface area contributed by atoms with Gasteiger partial charge in [-0.15, -0.1) is 0 Å².